The van der Waals surface area contributed by atoms with Crippen molar-refractivity contribution in [3.05, 3.63) is 312 Å². The first-order valence-electron chi connectivity index (χ1n) is 41.7. The molecule has 4 fully saturated rings. The van der Waals surface area contributed by atoms with E-state index >= 15 is 0 Å². The van der Waals surface area contributed by atoms with Crippen LogP contribution in [0.2, 0.25) is 0 Å². The number of hydrogen-bond acceptors (Lipinski definition) is 18. The lowest BCUT2D eigenvalue weighted by atomic mass is 10.0. The summed E-state index contributed by atoms with van der Waals surface area (Å²) in [5, 5.41) is 50.8. The molecule has 0 bridgehead atoms. The van der Waals surface area contributed by atoms with E-state index in [1.807, 2.05) is 110 Å². The number of H-pyrrole nitrogens is 4. The molecule has 0 atom stereocenters. The molecule has 0 radical (unpaired) electrons. The van der Waals surface area contributed by atoms with Gasteiger partial charge in [0.15, 0.2) is 22.8 Å². The van der Waals surface area contributed by atoms with Crippen LogP contribution >= 0.6 is 0 Å². The van der Waals surface area contributed by atoms with Crippen LogP contribution in [-0.2, 0) is 30.9 Å². The number of piperidine rings is 1. The van der Waals surface area contributed by atoms with Gasteiger partial charge in [-0.2, -0.15) is 20.4 Å². The van der Waals surface area contributed by atoms with Crippen molar-refractivity contribution in [2.75, 3.05) is 86.8 Å². The molecule has 0 saturated carbocycles. The number of nitrogens with zero attached hydrogens (tertiary/aromatic N) is 12. The number of benzene rings is 8. The van der Waals surface area contributed by atoms with Crippen molar-refractivity contribution in [1.29, 1.82) is 0 Å². The fraction of sp³-hybridized carbons (Fsp3) is 0.208. The highest BCUT2D eigenvalue weighted by Gasteiger charge is 2.38. The predicted molar refractivity (Wildman–Crippen MR) is 476 cm³/mol. The number of aromatic nitrogens is 12. The van der Waals surface area contributed by atoms with Gasteiger partial charge in [-0.3, -0.25) is 79.1 Å². The van der Waals surface area contributed by atoms with Crippen LogP contribution in [0.15, 0.2) is 244 Å². The van der Waals surface area contributed by atoms with E-state index in [1.54, 1.807) is 66.0 Å². The first-order valence-corrected chi connectivity index (χ1v) is 41.7. The largest absolute Gasteiger partial charge is 0.393 e. The Labute approximate surface area is 729 Å². The molecule has 8 aromatic carbocycles. The second kappa shape index (κ2) is 38.9. The van der Waals surface area contributed by atoms with Gasteiger partial charge in [0, 0.05) is 164 Å². The maximum atomic E-state index is 14.0. The molecule has 32 heteroatoms. The number of morpholine rings is 1. The molecule has 20 rings (SSSR count). The van der Waals surface area contributed by atoms with Crippen LogP contribution in [0.5, 0.6) is 0 Å². The highest BCUT2D eigenvalue weighted by Crippen LogP contribution is 2.35. The lowest BCUT2D eigenvalue weighted by Crippen LogP contribution is -2.36. The van der Waals surface area contributed by atoms with E-state index in [1.165, 1.54) is 61.0 Å². The molecule has 0 aliphatic carbocycles. The van der Waals surface area contributed by atoms with Crippen LogP contribution in [0.25, 0.3) is 88.1 Å². The van der Waals surface area contributed by atoms with Crippen molar-refractivity contribution >= 4 is 90.0 Å². The van der Waals surface area contributed by atoms with E-state index in [0.29, 0.717) is 51.4 Å². The lowest BCUT2D eigenvalue weighted by Gasteiger charge is -2.30. The molecule has 4 aliphatic rings. The van der Waals surface area contributed by atoms with E-state index in [2.05, 4.69) is 115 Å². The molecule has 9 N–H and O–H groups in total. The Balaban J connectivity index is 0.000000120. The molecule has 4 aliphatic heterocycles. The first kappa shape index (κ1) is 85.6. The molecular weight excluding hydrogens is 1640 g/mol. The standard InChI is InChI=1S/C25H24FN5O2.C24H20F3N5O.C24H22FN5O2.C23H20FN5O/c26-21-3-1-2-4-23(21)28-25(33)24-20-12-17(5-6-22(20)29-30-24)18-11-16(13-27-14-18)15-31-9-7-19(32)8-10-31;25-18-2-1-3-19(10-18)29-23(33)22-20-9-16(4-5-21(20)30-31-22)17-8-15(11-28-12-17)13-32-7-6-24(26,27)14-32;25-20-3-1-2-4-22(20)27-24(31)23-19-12-17(5-6-21(19)28-29-23)18-11-16(13-26-14-18)15-30-7-9-32-10-8-30;24-19-4-1-2-5-21(19)26-23(30)22-18-11-16(6-7-20(18)27-28-22)17-10-15(12-25-13-17)14-29-8-3-9-29/h1-6,11-14,19,32H,7-10,15H2,(H,28,33)(H,29,30);1-5,8-12H,6-7,13-14H2,(H,29,33)(H,30,31);1-6,11-14H,7-10,15H2,(H,27,31)(H,28,29);1-2,4-7,10-13H,3,8-9,14H2,(H,26,30)(H,27,28). The van der Waals surface area contributed by atoms with E-state index in [-0.39, 0.29) is 58.9 Å². The number of halogens is 6. The summed E-state index contributed by atoms with van der Waals surface area (Å²) in [5.74, 6) is -6.47. The van der Waals surface area contributed by atoms with E-state index < -0.39 is 52.8 Å². The zero-order valence-electron chi connectivity index (χ0n) is 69.0. The highest BCUT2D eigenvalue weighted by atomic mass is 19.3. The number of ether oxygens (including phenoxy) is 1. The van der Waals surface area contributed by atoms with Crippen LogP contribution in [0.3, 0.4) is 0 Å². The van der Waals surface area contributed by atoms with Crippen LogP contribution in [-0.4, -0.2) is 187 Å². The molecule has 648 valence electrons. The third-order valence-corrected chi connectivity index (χ3v) is 22.6. The molecule has 8 aromatic heterocycles. The van der Waals surface area contributed by atoms with Gasteiger partial charge in [-0.1, -0.05) is 66.7 Å². The first-order chi connectivity index (χ1) is 62.3. The number of likely N-dealkylation sites (tertiary alicyclic amines) is 3. The molecule has 26 nitrogen and oxygen atoms in total. The Morgan fingerprint density at radius 1 is 0.375 bits per heavy atom. The monoisotopic (exact) mass is 1730 g/mol. The predicted octanol–water partition coefficient (Wildman–Crippen LogP) is 16.9. The minimum atomic E-state index is -2.64. The summed E-state index contributed by atoms with van der Waals surface area (Å²) in [7, 11) is 0. The number of alkyl halides is 2. The van der Waals surface area contributed by atoms with Gasteiger partial charge in [-0.25, -0.2) is 26.3 Å². The van der Waals surface area contributed by atoms with Gasteiger partial charge in [0.2, 0.25) is 0 Å². The van der Waals surface area contributed by atoms with Gasteiger partial charge in [0.05, 0.1) is 65.0 Å². The fourth-order valence-corrected chi connectivity index (χ4v) is 15.7. The SMILES string of the molecule is O=C(Nc1cccc(F)c1)c1n[nH]c2ccc(-c3cncc(CN4CCC(F)(F)C4)c3)cc12.O=C(Nc1ccccc1F)c1n[nH]c2ccc(-c3cncc(CN4CCC(O)CC4)c3)cc12.O=C(Nc1ccccc1F)c1n[nH]c2ccc(-c3cncc(CN4CCC4)c3)cc12.O=C(Nc1ccccc1F)c1n[nH]c2ccc(-c3cncc(CN4CCOCC4)c3)cc12. The number of aliphatic hydroxyl groups excluding tert-OH is 1. The van der Waals surface area contributed by atoms with Crippen LogP contribution in [0.1, 0.15) is 89.9 Å². The summed E-state index contributed by atoms with van der Waals surface area (Å²) in [6.07, 6.45) is 16.9. The maximum absolute atomic E-state index is 14.0. The Hall–Kier alpha value is -14.5. The topological polar surface area (TPSA) is 325 Å². The molecule has 0 unspecified atom stereocenters. The number of nitrogens with one attached hydrogen (secondary N) is 8. The summed E-state index contributed by atoms with van der Waals surface area (Å²) in [6, 6.07) is 54.8. The molecule has 0 spiro atoms. The van der Waals surface area contributed by atoms with E-state index in [9.17, 15) is 50.6 Å². The van der Waals surface area contributed by atoms with Gasteiger partial charge in [-0.15, -0.1) is 0 Å². The summed E-state index contributed by atoms with van der Waals surface area (Å²) in [6.45, 7) is 10.3. The summed E-state index contributed by atoms with van der Waals surface area (Å²) >= 11 is 0. The smallest absolute Gasteiger partial charge is 0.276 e. The van der Waals surface area contributed by atoms with Crippen molar-refractivity contribution in [2.45, 2.75) is 63.9 Å². The molecule has 4 saturated heterocycles. The Kier molecular flexibility index (Phi) is 26.0. The molecule has 16 aromatic rings. The van der Waals surface area contributed by atoms with Gasteiger partial charge in [-0.05, 0) is 204 Å². The number of anilines is 4. The zero-order valence-corrected chi connectivity index (χ0v) is 69.0. The highest BCUT2D eigenvalue weighted by molar-refractivity contribution is 6.14. The van der Waals surface area contributed by atoms with Crippen molar-refractivity contribution in [3.63, 3.8) is 0 Å². The zero-order chi connectivity index (χ0) is 88.2. The maximum Gasteiger partial charge on any atom is 0.276 e. The Morgan fingerprint density at radius 3 is 1.05 bits per heavy atom. The average Bonchev–Trinajstić information content (AvgIpc) is 1.65. The van der Waals surface area contributed by atoms with E-state index in [0.717, 1.165) is 163 Å². The Morgan fingerprint density at radius 2 is 0.719 bits per heavy atom. The minimum absolute atomic E-state index is 0.108. The number of fused-ring (bicyclic) bond motifs is 4. The second-order valence-corrected chi connectivity index (χ2v) is 31.8. The quantitative estimate of drug-likeness (QED) is 0.0320. The molecule has 12 heterocycles. The number of aromatic amines is 4. The van der Waals surface area contributed by atoms with Crippen LogP contribution in [0.4, 0.5) is 49.1 Å². The minimum Gasteiger partial charge on any atom is -0.393 e. The average molecular weight is 1730 g/mol. The van der Waals surface area contributed by atoms with Gasteiger partial charge in [0.1, 0.15) is 23.3 Å². The van der Waals surface area contributed by atoms with Crippen LogP contribution < -0.4 is 21.3 Å². The number of carbonyl (C=O) groups is 4. The number of carbonyl (C=O) groups excluding carboxylic acids is 4. The number of aliphatic hydroxyl groups is 1. The lowest BCUT2D eigenvalue weighted by molar-refractivity contribution is 0.0114. The molecular formula is C96H86F6N20O6. The second-order valence-electron chi connectivity index (χ2n) is 31.8. The van der Waals surface area contributed by atoms with Gasteiger partial charge >= 0.3 is 0 Å². The van der Waals surface area contributed by atoms with Gasteiger partial charge in [0.25, 0.3) is 29.6 Å². The van der Waals surface area contributed by atoms with E-state index in [4.69, 9.17) is 4.74 Å². The van der Waals surface area contributed by atoms with Crippen molar-refractivity contribution in [1.82, 2.24) is 80.3 Å². The van der Waals surface area contributed by atoms with Crippen molar-refractivity contribution in [3.8, 4) is 44.5 Å². The molecule has 128 heavy (non-hydrogen) atoms. The summed E-state index contributed by atoms with van der Waals surface area (Å²) in [5.41, 5.74) is 15.8. The third kappa shape index (κ3) is 20.8. The van der Waals surface area contributed by atoms with Crippen molar-refractivity contribution in [2.24, 2.45) is 0 Å². The number of para-hydroxylation sites is 3. The molecule has 4 amide bonds. The van der Waals surface area contributed by atoms with Crippen molar-refractivity contribution < 1.29 is 55.4 Å². The normalized spacial score (nSPS) is 14.8. The van der Waals surface area contributed by atoms with Crippen LogP contribution in [0, 0.1) is 23.3 Å². The Bertz CT molecular complexity index is 6720. The third-order valence-electron chi connectivity index (χ3n) is 22.6. The number of amides is 4. The van der Waals surface area contributed by atoms with Gasteiger partial charge < -0.3 is 31.1 Å². The number of rotatable bonds is 20. The fourth-order valence-electron chi connectivity index (χ4n) is 15.7. The summed E-state index contributed by atoms with van der Waals surface area (Å²) in [4.78, 5) is 77.3. The number of pyridine rings is 4. The number of hydrogen-bond donors (Lipinski definition) is 9. The summed E-state index contributed by atoms with van der Waals surface area (Å²) < 4.78 is 87.6.